The normalized spacial score (nSPS) is 9.94. The lowest BCUT2D eigenvalue weighted by atomic mass is 10.3. The summed E-state index contributed by atoms with van der Waals surface area (Å²) < 4.78 is 0. The Hall–Kier alpha value is -1.84. The van der Waals surface area contributed by atoms with Gasteiger partial charge >= 0.3 is 0 Å². The van der Waals surface area contributed by atoms with Crippen LogP contribution in [-0.4, -0.2) is 23.5 Å². The van der Waals surface area contributed by atoms with Crippen LogP contribution in [0.5, 0.6) is 0 Å². The van der Waals surface area contributed by atoms with Crippen molar-refractivity contribution >= 4 is 11.7 Å². The fraction of sp³-hybridized carbons (Fsp3) is 0.333. The molecule has 0 unspecified atom stereocenters. The molecule has 86 valence electrons. The van der Waals surface area contributed by atoms with Crippen molar-refractivity contribution in [1.29, 1.82) is 0 Å². The average Bonchev–Trinajstić information content (AvgIpc) is 2.25. The number of hydrogen-bond acceptors (Lipinski definition) is 3. The van der Waals surface area contributed by atoms with Crippen LogP contribution in [0, 0.1) is 0 Å². The molecule has 4 heteroatoms. The molecule has 1 rings (SSSR count). The van der Waals surface area contributed by atoms with Gasteiger partial charge in [-0.25, -0.2) is 4.98 Å². The van der Waals surface area contributed by atoms with E-state index in [0.29, 0.717) is 24.1 Å². The maximum absolute atomic E-state index is 11.6. The number of pyridine rings is 1. The molecule has 0 atom stereocenters. The van der Waals surface area contributed by atoms with Crippen molar-refractivity contribution in [3.05, 3.63) is 36.5 Å². The van der Waals surface area contributed by atoms with Crippen LogP contribution in [0.15, 0.2) is 30.9 Å². The van der Waals surface area contributed by atoms with Gasteiger partial charge in [0.15, 0.2) is 0 Å². The number of nitrogens with one attached hydrogen (secondary N) is 2. The Morgan fingerprint density at radius 3 is 2.94 bits per heavy atom. The first kappa shape index (κ1) is 12.2. The fourth-order valence-corrected chi connectivity index (χ4v) is 1.19. The summed E-state index contributed by atoms with van der Waals surface area (Å²) in [5, 5.41) is 5.83. The Kier molecular flexibility index (Phi) is 4.51. The van der Waals surface area contributed by atoms with Crippen LogP contribution in [0.4, 0.5) is 5.82 Å². The maximum Gasteiger partial charge on any atom is 0.270 e. The Bertz CT molecular complexity index is 374. The number of carbonyl (C=O) groups excluding carboxylic acids is 1. The molecule has 1 amide bonds. The Balaban J connectivity index is 2.73. The lowest BCUT2D eigenvalue weighted by Gasteiger charge is -2.09. The minimum absolute atomic E-state index is 0.188. The highest BCUT2D eigenvalue weighted by Crippen LogP contribution is 2.06. The predicted octanol–water partition coefficient (Wildman–Crippen LogP) is 1.82. The molecule has 0 saturated heterocycles. The summed E-state index contributed by atoms with van der Waals surface area (Å²) in [6.07, 6.45) is 1.63. The molecule has 0 spiro atoms. The van der Waals surface area contributed by atoms with Gasteiger partial charge in [-0.2, -0.15) is 0 Å². The van der Waals surface area contributed by atoms with Gasteiger partial charge in [-0.3, -0.25) is 4.79 Å². The fourth-order valence-electron chi connectivity index (χ4n) is 1.19. The molecule has 0 aliphatic carbocycles. The molecule has 0 bridgehead atoms. The van der Waals surface area contributed by atoms with E-state index in [1.54, 1.807) is 18.2 Å². The van der Waals surface area contributed by atoms with Crippen molar-refractivity contribution in [3.8, 4) is 0 Å². The van der Waals surface area contributed by atoms with Crippen molar-refractivity contribution in [2.75, 3.05) is 11.9 Å². The van der Waals surface area contributed by atoms with Crippen LogP contribution in [0.1, 0.15) is 24.3 Å². The zero-order chi connectivity index (χ0) is 12.0. The second-order valence-electron chi connectivity index (χ2n) is 3.71. The minimum atomic E-state index is -0.188. The summed E-state index contributed by atoms with van der Waals surface area (Å²) in [5.41, 5.74) is 0.410. The quantitative estimate of drug-likeness (QED) is 0.743. The number of anilines is 1. The monoisotopic (exact) mass is 219 g/mol. The Morgan fingerprint density at radius 1 is 1.56 bits per heavy atom. The third-order valence-electron chi connectivity index (χ3n) is 1.83. The molecule has 1 heterocycles. The molecule has 0 aromatic carbocycles. The smallest absolute Gasteiger partial charge is 0.270 e. The highest BCUT2D eigenvalue weighted by atomic mass is 16.1. The van der Waals surface area contributed by atoms with Gasteiger partial charge in [0.05, 0.1) is 0 Å². The largest absolute Gasteiger partial charge is 0.368 e. The topological polar surface area (TPSA) is 54.0 Å². The molecule has 1 aromatic rings. The molecule has 1 aromatic heterocycles. The van der Waals surface area contributed by atoms with Gasteiger partial charge in [-0.1, -0.05) is 12.1 Å². The summed E-state index contributed by atoms with van der Waals surface area (Å²) >= 11 is 0. The van der Waals surface area contributed by atoms with E-state index in [1.807, 2.05) is 19.9 Å². The number of nitrogens with zero attached hydrogens (tertiary/aromatic N) is 1. The molecule has 0 aliphatic heterocycles. The van der Waals surface area contributed by atoms with Gasteiger partial charge in [0.1, 0.15) is 11.5 Å². The second-order valence-corrected chi connectivity index (χ2v) is 3.71. The first-order valence-corrected chi connectivity index (χ1v) is 5.26. The van der Waals surface area contributed by atoms with E-state index in [9.17, 15) is 4.79 Å². The summed E-state index contributed by atoms with van der Waals surface area (Å²) in [7, 11) is 0. The van der Waals surface area contributed by atoms with E-state index in [0.717, 1.165) is 0 Å². The van der Waals surface area contributed by atoms with E-state index < -0.39 is 0 Å². The molecule has 2 N–H and O–H groups in total. The highest BCUT2D eigenvalue weighted by molar-refractivity contribution is 5.92. The number of carbonyl (C=O) groups is 1. The summed E-state index contributed by atoms with van der Waals surface area (Å²) in [4.78, 5) is 15.8. The number of amides is 1. The lowest BCUT2D eigenvalue weighted by molar-refractivity contribution is 0.0953. The van der Waals surface area contributed by atoms with Crippen molar-refractivity contribution < 1.29 is 4.79 Å². The zero-order valence-corrected chi connectivity index (χ0v) is 9.66. The SMILES string of the molecule is C=CCNC(=O)c1cccc(NC(C)C)n1. The van der Waals surface area contributed by atoms with Crippen LogP contribution < -0.4 is 10.6 Å². The highest BCUT2D eigenvalue weighted by Gasteiger charge is 2.06. The van der Waals surface area contributed by atoms with Gasteiger partial charge < -0.3 is 10.6 Å². The van der Waals surface area contributed by atoms with Gasteiger partial charge in [0, 0.05) is 12.6 Å². The Labute approximate surface area is 95.8 Å². The molecule has 0 fully saturated rings. The first-order chi connectivity index (χ1) is 7.63. The van der Waals surface area contributed by atoms with E-state index in [1.165, 1.54) is 0 Å². The van der Waals surface area contributed by atoms with E-state index >= 15 is 0 Å². The summed E-state index contributed by atoms with van der Waals surface area (Å²) in [5.74, 6) is 0.522. The molecular formula is C12H17N3O. The standard InChI is InChI=1S/C12H17N3O/c1-4-8-13-12(16)10-6-5-7-11(15-10)14-9(2)3/h4-7,9H,1,8H2,2-3H3,(H,13,16)(H,14,15). The van der Waals surface area contributed by atoms with E-state index in [4.69, 9.17) is 0 Å². The lowest BCUT2D eigenvalue weighted by Crippen LogP contribution is -2.24. The minimum Gasteiger partial charge on any atom is -0.368 e. The van der Waals surface area contributed by atoms with Crippen molar-refractivity contribution in [2.45, 2.75) is 19.9 Å². The molecule has 16 heavy (non-hydrogen) atoms. The van der Waals surface area contributed by atoms with Gasteiger partial charge in [-0.15, -0.1) is 6.58 Å². The molecule has 0 radical (unpaired) electrons. The summed E-state index contributed by atoms with van der Waals surface area (Å²) in [6, 6.07) is 5.62. The van der Waals surface area contributed by atoms with Crippen LogP contribution in [0.2, 0.25) is 0 Å². The van der Waals surface area contributed by atoms with Crippen LogP contribution >= 0.6 is 0 Å². The van der Waals surface area contributed by atoms with Crippen molar-refractivity contribution in [1.82, 2.24) is 10.3 Å². The van der Waals surface area contributed by atoms with Crippen LogP contribution in [-0.2, 0) is 0 Å². The van der Waals surface area contributed by atoms with Crippen molar-refractivity contribution in [3.63, 3.8) is 0 Å². The van der Waals surface area contributed by atoms with Gasteiger partial charge in [0.25, 0.3) is 5.91 Å². The van der Waals surface area contributed by atoms with Crippen LogP contribution in [0.3, 0.4) is 0 Å². The molecule has 0 aliphatic rings. The third kappa shape index (κ3) is 3.73. The third-order valence-corrected chi connectivity index (χ3v) is 1.83. The van der Waals surface area contributed by atoms with E-state index in [2.05, 4.69) is 22.2 Å². The zero-order valence-electron chi connectivity index (χ0n) is 9.66. The summed E-state index contributed by atoms with van der Waals surface area (Å²) in [6.45, 7) is 8.02. The van der Waals surface area contributed by atoms with Crippen molar-refractivity contribution in [2.24, 2.45) is 0 Å². The van der Waals surface area contributed by atoms with Gasteiger partial charge in [0.2, 0.25) is 0 Å². The van der Waals surface area contributed by atoms with Crippen LogP contribution in [0.25, 0.3) is 0 Å². The predicted molar refractivity (Wildman–Crippen MR) is 65.5 cm³/mol. The Morgan fingerprint density at radius 2 is 2.31 bits per heavy atom. The number of rotatable bonds is 5. The first-order valence-electron chi connectivity index (χ1n) is 5.26. The van der Waals surface area contributed by atoms with Gasteiger partial charge in [-0.05, 0) is 26.0 Å². The number of hydrogen-bond donors (Lipinski definition) is 2. The molecule has 4 nitrogen and oxygen atoms in total. The average molecular weight is 219 g/mol. The number of aromatic nitrogens is 1. The maximum atomic E-state index is 11.6. The second kappa shape index (κ2) is 5.90. The van der Waals surface area contributed by atoms with E-state index in [-0.39, 0.29) is 5.91 Å². The molecule has 0 saturated carbocycles. The molecular weight excluding hydrogens is 202 g/mol.